The normalized spacial score (nSPS) is 24.3. The summed E-state index contributed by atoms with van der Waals surface area (Å²) in [6, 6.07) is 7.92. The number of hydrogen-bond donors (Lipinski definition) is 1. The molecular formula is C18H27BrIN3O2. The SMILES string of the molecule is CN=C(NCC(C)Oc1ccc(Br)cc1)N1CCC2(CCOC2)C1.I. The number of benzene rings is 1. The molecule has 2 atom stereocenters. The van der Waals surface area contributed by atoms with Gasteiger partial charge in [0.15, 0.2) is 5.96 Å². The molecule has 0 amide bonds. The summed E-state index contributed by atoms with van der Waals surface area (Å²) >= 11 is 3.44. The summed E-state index contributed by atoms with van der Waals surface area (Å²) in [6.07, 6.45) is 2.43. The van der Waals surface area contributed by atoms with E-state index in [-0.39, 0.29) is 30.1 Å². The lowest BCUT2D eigenvalue weighted by atomic mass is 9.87. The zero-order valence-electron chi connectivity index (χ0n) is 14.8. The minimum Gasteiger partial charge on any atom is -0.489 e. The monoisotopic (exact) mass is 523 g/mol. The summed E-state index contributed by atoms with van der Waals surface area (Å²) < 4.78 is 12.6. The summed E-state index contributed by atoms with van der Waals surface area (Å²) in [5.74, 6) is 1.84. The fourth-order valence-electron chi connectivity index (χ4n) is 3.44. The van der Waals surface area contributed by atoms with Gasteiger partial charge in [-0.15, -0.1) is 24.0 Å². The van der Waals surface area contributed by atoms with Crippen LogP contribution in [0, 0.1) is 5.41 Å². The minimum atomic E-state index is 0. The lowest BCUT2D eigenvalue weighted by Gasteiger charge is -2.26. The second kappa shape index (κ2) is 9.41. The smallest absolute Gasteiger partial charge is 0.193 e. The van der Waals surface area contributed by atoms with Crippen molar-refractivity contribution in [1.82, 2.24) is 10.2 Å². The van der Waals surface area contributed by atoms with E-state index in [1.165, 1.54) is 12.8 Å². The number of halogens is 2. The summed E-state index contributed by atoms with van der Waals surface area (Å²) in [5, 5.41) is 3.45. The number of ether oxygens (including phenoxy) is 2. The van der Waals surface area contributed by atoms with Gasteiger partial charge < -0.3 is 19.7 Å². The molecule has 1 aromatic rings. The molecule has 0 radical (unpaired) electrons. The molecule has 1 N–H and O–H groups in total. The molecule has 25 heavy (non-hydrogen) atoms. The summed E-state index contributed by atoms with van der Waals surface area (Å²) in [4.78, 5) is 6.79. The predicted molar refractivity (Wildman–Crippen MR) is 115 cm³/mol. The number of hydrogen-bond acceptors (Lipinski definition) is 3. The van der Waals surface area contributed by atoms with Crippen molar-refractivity contribution in [1.29, 1.82) is 0 Å². The van der Waals surface area contributed by atoms with Gasteiger partial charge in [0.1, 0.15) is 11.9 Å². The molecule has 1 aromatic carbocycles. The Morgan fingerprint density at radius 1 is 1.40 bits per heavy atom. The fourth-order valence-corrected chi connectivity index (χ4v) is 3.71. The quantitative estimate of drug-likeness (QED) is 0.372. The van der Waals surface area contributed by atoms with Gasteiger partial charge in [0.05, 0.1) is 13.2 Å². The molecule has 2 heterocycles. The van der Waals surface area contributed by atoms with Crippen LogP contribution in [0.3, 0.4) is 0 Å². The van der Waals surface area contributed by atoms with Crippen LogP contribution < -0.4 is 10.1 Å². The zero-order valence-corrected chi connectivity index (χ0v) is 18.7. The summed E-state index contributed by atoms with van der Waals surface area (Å²) in [6.45, 7) is 6.67. The van der Waals surface area contributed by atoms with E-state index in [2.05, 4.69) is 38.1 Å². The number of nitrogens with one attached hydrogen (secondary N) is 1. The molecule has 2 fully saturated rings. The molecule has 3 rings (SSSR count). The van der Waals surface area contributed by atoms with Gasteiger partial charge in [-0.25, -0.2) is 0 Å². The molecule has 2 aliphatic rings. The Hall–Kier alpha value is -0.540. The first-order valence-corrected chi connectivity index (χ1v) is 9.35. The highest BCUT2D eigenvalue weighted by Crippen LogP contribution is 2.38. The predicted octanol–water partition coefficient (Wildman–Crippen LogP) is 3.52. The molecule has 2 aliphatic heterocycles. The number of aliphatic imine (C=N–C) groups is 1. The van der Waals surface area contributed by atoms with Crippen LogP contribution in [-0.4, -0.2) is 56.9 Å². The van der Waals surface area contributed by atoms with E-state index in [0.29, 0.717) is 5.41 Å². The third-order valence-corrected chi connectivity index (χ3v) is 5.36. The van der Waals surface area contributed by atoms with Gasteiger partial charge in [0.2, 0.25) is 0 Å². The van der Waals surface area contributed by atoms with Crippen molar-refractivity contribution in [2.24, 2.45) is 10.4 Å². The van der Waals surface area contributed by atoms with Crippen LogP contribution in [0.4, 0.5) is 0 Å². The second-order valence-electron chi connectivity index (χ2n) is 6.78. The molecule has 2 unspecified atom stereocenters. The van der Waals surface area contributed by atoms with Crippen LogP contribution in [-0.2, 0) is 4.74 Å². The van der Waals surface area contributed by atoms with Crippen LogP contribution >= 0.6 is 39.9 Å². The summed E-state index contributed by atoms with van der Waals surface area (Å²) in [5.41, 5.74) is 0.344. The topological polar surface area (TPSA) is 46.1 Å². The highest BCUT2D eigenvalue weighted by Gasteiger charge is 2.42. The van der Waals surface area contributed by atoms with Gasteiger partial charge in [0, 0.05) is 36.6 Å². The van der Waals surface area contributed by atoms with E-state index in [9.17, 15) is 0 Å². The molecule has 2 saturated heterocycles. The average molecular weight is 524 g/mol. The van der Waals surface area contributed by atoms with Crippen molar-refractivity contribution < 1.29 is 9.47 Å². The minimum absolute atomic E-state index is 0. The Balaban J connectivity index is 0.00000225. The second-order valence-corrected chi connectivity index (χ2v) is 7.70. The molecule has 140 valence electrons. The van der Waals surface area contributed by atoms with E-state index in [1.807, 2.05) is 31.3 Å². The van der Waals surface area contributed by atoms with Crippen LogP contribution in [0.5, 0.6) is 5.75 Å². The Kier molecular flexibility index (Phi) is 7.82. The van der Waals surface area contributed by atoms with Crippen LogP contribution in [0.2, 0.25) is 0 Å². The molecule has 0 aromatic heterocycles. The molecule has 0 saturated carbocycles. The van der Waals surface area contributed by atoms with Crippen molar-refractivity contribution >= 4 is 45.9 Å². The first kappa shape index (κ1) is 20.8. The maximum Gasteiger partial charge on any atom is 0.193 e. The Bertz CT molecular complexity index is 576. The number of rotatable bonds is 4. The van der Waals surface area contributed by atoms with Gasteiger partial charge in [-0.2, -0.15) is 0 Å². The highest BCUT2D eigenvalue weighted by atomic mass is 127. The van der Waals surface area contributed by atoms with Gasteiger partial charge in [-0.1, -0.05) is 15.9 Å². The fraction of sp³-hybridized carbons (Fsp3) is 0.611. The van der Waals surface area contributed by atoms with Crippen LogP contribution in [0.1, 0.15) is 19.8 Å². The van der Waals surface area contributed by atoms with E-state index in [1.54, 1.807) is 0 Å². The van der Waals surface area contributed by atoms with Crippen LogP contribution in [0.15, 0.2) is 33.7 Å². The Morgan fingerprint density at radius 2 is 2.16 bits per heavy atom. The van der Waals surface area contributed by atoms with Crippen molar-refractivity contribution in [3.63, 3.8) is 0 Å². The maximum absolute atomic E-state index is 5.94. The zero-order chi connectivity index (χ0) is 17.0. The van der Waals surface area contributed by atoms with E-state index in [0.717, 1.165) is 49.0 Å². The van der Waals surface area contributed by atoms with Gasteiger partial charge in [-0.05, 0) is 44.0 Å². The van der Waals surface area contributed by atoms with Gasteiger partial charge in [0.25, 0.3) is 0 Å². The standard InChI is InChI=1S/C18H26BrN3O2.HI/c1-14(24-16-5-3-15(19)4-6-16)11-21-17(20-2)22-9-7-18(12-22)8-10-23-13-18;/h3-6,14H,7-13H2,1-2H3,(H,20,21);1H. The first-order valence-electron chi connectivity index (χ1n) is 8.56. The third kappa shape index (κ3) is 5.47. The van der Waals surface area contributed by atoms with Crippen molar-refractivity contribution in [3.8, 4) is 5.75 Å². The highest BCUT2D eigenvalue weighted by molar-refractivity contribution is 14.0. The van der Waals surface area contributed by atoms with Crippen molar-refractivity contribution in [2.75, 3.05) is 39.9 Å². The van der Waals surface area contributed by atoms with Crippen LogP contribution in [0.25, 0.3) is 0 Å². The molecule has 5 nitrogen and oxygen atoms in total. The van der Waals surface area contributed by atoms with E-state index in [4.69, 9.17) is 9.47 Å². The Labute approximate surface area is 175 Å². The molecule has 7 heteroatoms. The van der Waals surface area contributed by atoms with Gasteiger partial charge in [-0.3, -0.25) is 4.99 Å². The molecule has 1 spiro atoms. The number of likely N-dealkylation sites (tertiary alicyclic amines) is 1. The maximum atomic E-state index is 5.94. The Morgan fingerprint density at radius 3 is 2.80 bits per heavy atom. The van der Waals surface area contributed by atoms with Crippen molar-refractivity contribution in [2.45, 2.75) is 25.9 Å². The molecule has 0 aliphatic carbocycles. The number of guanidine groups is 1. The first-order chi connectivity index (χ1) is 11.6. The number of nitrogens with zero attached hydrogens (tertiary/aromatic N) is 2. The summed E-state index contributed by atoms with van der Waals surface area (Å²) in [7, 11) is 1.85. The van der Waals surface area contributed by atoms with Crippen molar-refractivity contribution in [3.05, 3.63) is 28.7 Å². The lowest BCUT2D eigenvalue weighted by molar-refractivity contribution is 0.156. The van der Waals surface area contributed by atoms with Gasteiger partial charge >= 0.3 is 0 Å². The molecular weight excluding hydrogens is 497 g/mol. The lowest BCUT2D eigenvalue weighted by Crippen LogP contribution is -2.44. The third-order valence-electron chi connectivity index (χ3n) is 4.83. The average Bonchev–Trinajstić information content (AvgIpc) is 3.21. The van der Waals surface area contributed by atoms with E-state index < -0.39 is 0 Å². The molecule has 0 bridgehead atoms. The van der Waals surface area contributed by atoms with E-state index >= 15 is 0 Å². The largest absolute Gasteiger partial charge is 0.489 e.